The van der Waals surface area contributed by atoms with Gasteiger partial charge >= 0.3 is 0 Å². The monoisotopic (exact) mass is 427 g/mol. The second-order valence-electron chi connectivity index (χ2n) is 5.55. The first-order valence-corrected chi connectivity index (χ1v) is 9.73. The summed E-state index contributed by atoms with van der Waals surface area (Å²) in [5, 5.41) is 0.321. The molecule has 1 aromatic heterocycles. The minimum Gasteiger partial charge on any atom is -0.333 e. The highest BCUT2D eigenvalue weighted by Crippen LogP contribution is 2.29. The summed E-state index contributed by atoms with van der Waals surface area (Å²) in [6.07, 6.45) is 1.28. The lowest BCUT2D eigenvalue weighted by atomic mass is 10.2. The molecular formula is C17H12Cl2FN3O3S. The highest BCUT2D eigenvalue weighted by Gasteiger charge is 2.23. The maximum atomic E-state index is 14.1. The normalized spacial score (nSPS) is 11.4. The van der Waals surface area contributed by atoms with Gasteiger partial charge in [-0.1, -0.05) is 35.3 Å². The van der Waals surface area contributed by atoms with Crippen LogP contribution in [0.25, 0.3) is 11.4 Å². The van der Waals surface area contributed by atoms with Gasteiger partial charge in [0.15, 0.2) is 0 Å². The number of imidazole rings is 1. The summed E-state index contributed by atoms with van der Waals surface area (Å²) in [6.45, 7) is 0. The van der Waals surface area contributed by atoms with Crippen LogP contribution in [0.15, 0.2) is 53.6 Å². The molecule has 2 aromatic carbocycles. The Morgan fingerprint density at radius 1 is 1.19 bits per heavy atom. The topological polar surface area (TPSA) is 81.1 Å². The number of carbonyl (C=O) groups excluding carboxylic acids is 1. The zero-order valence-corrected chi connectivity index (χ0v) is 16.1. The second-order valence-corrected chi connectivity index (χ2v) is 8.08. The number of halogens is 3. The largest absolute Gasteiger partial charge is 0.333 e. The van der Waals surface area contributed by atoms with Crippen LogP contribution in [0.4, 0.5) is 4.39 Å². The van der Waals surface area contributed by atoms with Crippen molar-refractivity contribution in [2.45, 2.75) is 4.90 Å². The zero-order chi connectivity index (χ0) is 19.8. The van der Waals surface area contributed by atoms with Gasteiger partial charge in [0.2, 0.25) is 0 Å². The van der Waals surface area contributed by atoms with E-state index in [0.29, 0.717) is 0 Å². The molecule has 3 rings (SSSR count). The third kappa shape index (κ3) is 3.97. The van der Waals surface area contributed by atoms with Crippen LogP contribution in [0.1, 0.15) is 10.5 Å². The van der Waals surface area contributed by atoms with E-state index >= 15 is 0 Å². The van der Waals surface area contributed by atoms with E-state index in [1.165, 1.54) is 60.3 Å². The highest BCUT2D eigenvalue weighted by atomic mass is 35.5. The summed E-state index contributed by atoms with van der Waals surface area (Å²) in [4.78, 5) is 16.2. The molecule has 3 aromatic rings. The first-order chi connectivity index (χ1) is 12.7. The molecule has 0 aliphatic carbocycles. The molecule has 1 heterocycles. The van der Waals surface area contributed by atoms with Crippen molar-refractivity contribution in [3.63, 3.8) is 0 Å². The Balaban J connectivity index is 1.93. The zero-order valence-electron chi connectivity index (χ0n) is 13.8. The lowest BCUT2D eigenvalue weighted by Gasteiger charge is -2.06. The molecule has 0 aliphatic rings. The first kappa shape index (κ1) is 19.3. The van der Waals surface area contributed by atoms with Gasteiger partial charge in [0.25, 0.3) is 15.9 Å². The van der Waals surface area contributed by atoms with Gasteiger partial charge in [-0.15, -0.1) is 0 Å². The molecule has 10 heteroatoms. The van der Waals surface area contributed by atoms with Crippen LogP contribution in [-0.4, -0.2) is 23.9 Å². The molecule has 0 unspecified atom stereocenters. The highest BCUT2D eigenvalue weighted by molar-refractivity contribution is 7.90. The molecule has 0 saturated carbocycles. The average molecular weight is 428 g/mol. The number of amides is 1. The predicted molar refractivity (Wildman–Crippen MR) is 99.7 cm³/mol. The van der Waals surface area contributed by atoms with Crippen molar-refractivity contribution in [2.24, 2.45) is 7.05 Å². The molecule has 0 fully saturated rings. The van der Waals surface area contributed by atoms with Crippen molar-refractivity contribution in [3.8, 4) is 11.4 Å². The molecule has 0 spiro atoms. The van der Waals surface area contributed by atoms with Crippen molar-refractivity contribution in [3.05, 3.63) is 70.2 Å². The number of benzene rings is 2. The van der Waals surface area contributed by atoms with E-state index in [1.54, 1.807) is 0 Å². The summed E-state index contributed by atoms with van der Waals surface area (Å²) in [5.74, 6) is -1.50. The number of aryl methyl sites for hydroxylation is 1. The third-order valence-corrected chi connectivity index (χ3v) is 5.51. The smallest absolute Gasteiger partial charge is 0.285 e. The van der Waals surface area contributed by atoms with Crippen LogP contribution < -0.4 is 4.72 Å². The van der Waals surface area contributed by atoms with Gasteiger partial charge in [-0.05, 0) is 30.3 Å². The van der Waals surface area contributed by atoms with E-state index < -0.39 is 21.7 Å². The molecule has 140 valence electrons. The van der Waals surface area contributed by atoms with E-state index in [2.05, 4.69) is 4.98 Å². The number of hydrogen-bond donors (Lipinski definition) is 1. The summed E-state index contributed by atoms with van der Waals surface area (Å²) in [6, 6.07) is 9.59. The van der Waals surface area contributed by atoms with E-state index in [1.807, 2.05) is 4.72 Å². The average Bonchev–Trinajstić information content (AvgIpc) is 2.96. The number of rotatable bonds is 4. The van der Waals surface area contributed by atoms with Crippen LogP contribution in [0, 0.1) is 5.82 Å². The van der Waals surface area contributed by atoms with Gasteiger partial charge in [0.05, 0.1) is 15.5 Å². The molecule has 0 bridgehead atoms. The number of sulfonamides is 1. The Kier molecular flexibility index (Phi) is 5.23. The molecule has 0 radical (unpaired) electrons. The first-order valence-electron chi connectivity index (χ1n) is 7.49. The van der Waals surface area contributed by atoms with Crippen molar-refractivity contribution >= 4 is 39.1 Å². The lowest BCUT2D eigenvalue weighted by molar-refractivity contribution is 0.0977. The van der Waals surface area contributed by atoms with Gasteiger partial charge in [0, 0.05) is 18.3 Å². The Labute approximate surface area is 164 Å². The summed E-state index contributed by atoms with van der Waals surface area (Å²) < 4.78 is 42.1. The van der Waals surface area contributed by atoms with Crippen molar-refractivity contribution in [1.82, 2.24) is 14.3 Å². The van der Waals surface area contributed by atoms with Crippen molar-refractivity contribution in [1.29, 1.82) is 0 Å². The van der Waals surface area contributed by atoms with Gasteiger partial charge in [0.1, 0.15) is 17.3 Å². The maximum Gasteiger partial charge on any atom is 0.285 e. The van der Waals surface area contributed by atoms with Gasteiger partial charge in [-0.25, -0.2) is 22.5 Å². The number of aromatic nitrogens is 2. The Morgan fingerprint density at radius 3 is 2.56 bits per heavy atom. The van der Waals surface area contributed by atoms with E-state index in [-0.39, 0.29) is 32.0 Å². The van der Waals surface area contributed by atoms with Gasteiger partial charge in [-0.3, -0.25) is 4.79 Å². The fraction of sp³-hybridized carbons (Fsp3) is 0.0588. The number of nitrogens with zero attached hydrogens (tertiary/aromatic N) is 2. The molecule has 0 saturated heterocycles. The molecular weight excluding hydrogens is 416 g/mol. The van der Waals surface area contributed by atoms with Gasteiger partial charge in [-0.2, -0.15) is 0 Å². The van der Waals surface area contributed by atoms with Crippen LogP contribution >= 0.6 is 23.2 Å². The molecule has 27 heavy (non-hydrogen) atoms. The van der Waals surface area contributed by atoms with Crippen LogP contribution in [0.5, 0.6) is 0 Å². The Morgan fingerprint density at radius 2 is 1.89 bits per heavy atom. The van der Waals surface area contributed by atoms with Crippen molar-refractivity contribution in [2.75, 3.05) is 0 Å². The molecule has 6 nitrogen and oxygen atoms in total. The van der Waals surface area contributed by atoms with Crippen molar-refractivity contribution < 1.29 is 17.6 Å². The maximum absolute atomic E-state index is 14.1. The number of carbonyl (C=O) groups is 1. The molecule has 1 amide bonds. The third-order valence-electron chi connectivity index (χ3n) is 3.63. The van der Waals surface area contributed by atoms with E-state index in [9.17, 15) is 17.6 Å². The minimum absolute atomic E-state index is 0.0124. The summed E-state index contributed by atoms with van der Waals surface area (Å²) in [7, 11) is -2.61. The number of hydrogen-bond acceptors (Lipinski definition) is 4. The minimum atomic E-state index is -4.15. The van der Waals surface area contributed by atoms with Crippen LogP contribution in [0.2, 0.25) is 10.0 Å². The fourth-order valence-electron chi connectivity index (χ4n) is 2.39. The lowest BCUT2D eigenvalue weighted by Crippen LogP contribution is -2.30. The Bertz CT molecular complexity index is 1130. The van der Waals surface area contributed by atoms with E-state index in [0.717, 1.165) is 0 Å². The summed E-state index contributed by atoms with van der Waals surface area (Å²) in [5.41, 5.74) is -0.198. The quantitative estimate of drug-likeness (QED) is 0.688. The SMILES string of the molecule is Cn1cc(C(=O)NS(=O)(=O)c2cccc(Cl)c2)nc1-c1c(F)cccc1Cl. The number of nitrogens with one attached hydrogen (secondary N) is 1. The predicted octanol–water partition coefficient (Wildman–Crippen LogP) is 3.65. The van der Waals surface area contributed by atoms with Gasteiger partial charge < -0.3 is 4.57 Å². The molecule has 1 N–H and O–H groups in total. The van der Waals surface area contributed by atoms with Crippen LogP contribution in [-0.2, 0) is 17.1 Å². The molecule has 0 atom stereocenters. The fourth-order valence-corrected chi connectivity index (χ4v) is 3.90. The van der Waals surface area contributed by atoms with E-state index in [4.69, 9.17) is 23.2 Å². The summed E-state index contributed by atoms with van der Waals surface area (Å²) >= 11 is 11.8. The van der Waals surface area contributed by atoms with Crippen LogP contribution in [0.3, 0.4) is 0 Å². The Hall–Kier alpha value is -2.42. The molecule has 0 aliphatic heterocycles. The second kappa shape index (κ2) is 7.30. The standard InChI is InChI=1S/C17H12Cl2FN3O3S/c1-23-9-14(21-16(23)15-12(19)6-3-7-13(15)20)17(24)22-27(25,26)11-5-2-4-10(18)8-11/h2-9H,1H3,(H,22,24).